The number of piperidine rings is 1. The number of hydrogen-bond acceptors (Lipinski definition) is 4. The van der Waals surface area contributed by atoms with Crippen LogP contribution in [0, 0.1) is 6.92 Å². The van der Waals surface area contributed by atoms with Gasteiger partial charge in [-0.1, -0.05) is 29.8 Å². The average Bonchev–Trinajstić information content (AvgIpc) is 2.79. The van der Waals surface area contributed by atoms with E-state index < -0.39 is 0 Å². The highest BCUT2D eigenvalue weighted by Gasteiger charge is 2.23. The van der Waals surface area contributed by atoms with E-state index in [2.05, 4.69) is 20.9 Å². The number of aryl methyl sites for hydroxylation is 1. The maximum atomic E-state index is 12.6. The van der Waals surface area contributed by atoms with E-state index in [4.69, 9.17) is 4.74 Å². The Labute approximate surface area is 184 Å². The van der Waals surface area contributed by atoms with Crippen molar-refractivity contribution in [3.63, 3.8) is 0 Å². The number of carbonyl (C=O) groups is 2. The van der Waals surface area contributed by atoms with E-state index in [1.54, 1.807) is 7.11 Å². The second kappa shape index (κ2) is 11.4. The highest BCUT2D eigenvalue weighted by Crippen LogP contribution is 2.24. The van der Waals surface area contributed by atoms with E-state index in [0.29, 0.717) is 18.7 Å². The standard InChI is InChI=1S/C24H32N4O3/c1-18-8-10-19(11-9-18)26-24(30)27-20-12-15-28(16-13-20)22-7-4-3-6-21(22)23(29)25-14-5-17-31-2/h3-4,6-11,20H,5,12-17H2,1-2H3,(H,25,29)(H2,26,27,30). The number of rotatable bonds is 8. The maximum Gasteiger partial charge on any atom is 0.319 e. The van der Waals surface area contributed by atoms with Gasteiger partial charge in [-0.25, -0.2) is 4.79 Å². The number of benzene rings is 2. The van der Waals surface area contributed by atoms with Crippen LogP contribution in [0.2, 0.25) is 0 Å². The number of nitrogens with one attached hydrogen (secondary N) is 3. The van der Waals surface area contributed by atoms with Gasteiger partial charge >= 0.3 is 6.03 Å². The van der Waals surface area contributed by atoms with Crippen molar-refractivity contribution in [1.29, 1.82) is 0 Å². The first-order valence-corrected chi connectivity index (χ1v) is 10.8. The second-order valence-electron chi connectivity index (χ2n) is 7.85. The summed E-state index contributed by atoms with van der Waals surface area (Å²) in [5, 5.41) is 8.91. The third-order valence-electron chi connectivity index (χ3n) is 5.44. The van der Waals surface area contributed by atoms with Crippen LogP contribution in [0.15, 0.2) is 48.5 Å². The molecular weight excluding hydrogens is 392 g/mol. The van der Waals surface area contributed by atoms with E-state index in [0.717, 1.165) is 49.3 Å². The molecule has 1 aliphatic rings. The molecule has 0 bridgehead atoms. The minimum absolute atomic E-state index is 0.0653. The van der Waals surface area contributed by atoms with Gasteiger partial charge in [0.05, 0.1) is 5.56 Å². The topological polar surface area (TPSA) is 82.7 Å². The number of amides is 3. The van der Waals surface area contributed by atoms with Crippen LogP contribution in [0.3, 0.4) is 0 Å². The van der Waals surface area contributed by atoms with Gasteiger partial charge in [-0.3, -0.25) is 4.79 Å². The minimum atomic E-state index is -0.182. The van der Waals surface area contributed by atoms with Crippen LogP contribution < -0.4 is 20.9 Å². The molecule has 3 amide bonds. The molecule has 166 valence electrons. The molecular formula is C24H32N4O3. The number of ether oxygens (including phenoxy) is 1. The van der Waals surface area contributed by atoms with Crippen molar-refractivity contribution < 1.29 is 14.3 Å². The molecule has 1 fully saturated rings. The van der Waals surface area contributed by atoms with Crippen LogP contribution in [-0.2, 0) is 4.74 Å². The number of anilines is 2. The zero-order valence-electron chi connectivity index (χ0n) is 18.3. The molecule has 3 N–H and O–H groups in total. The Morgan fingerprint density at radius 2 is 1.77 bits per heavy atom. The zero-order valence-corrected chi connectivity index (χ0v) is 18.3. The molecule has 7 nitrogen and oxygen atoms in total. The summed E-state index contributed by atoms with van der Waals surface area (Å²) in [6, 6.07) is 15.4. The van der Waals surface area contributed by atoms with Gasteiger partial charge in [0.2, 0.25) is 0 Å². The van der Waals surface area contributed by atoms with Gasteiger partial charge in [-0.2, -0.15) is 0 Å². The molecule has 7 heteroatoms. The van der Waals surface area contributed by atoms with Crippen LogP contribution in [0.25, 0.3) is 0 Å². The van der Waals surface area contributed by atoms with Gasteiger partial charge in [-0.05, 0) is 50.5 Å². The summed E-state index contributed by atoms with van der Waals surface area (Å²) in [5.74, 6) is -0.0653. The highest BCUT2D eigenvalue weighted by molar-refractivity contribution is 5.99. The Kier molecular flexibility index (Phi) is 8.29. The quantitative estimate of drug-likeness (QED) is 0.566. The minimum Gasteiger partial charge on any atom is -0.385 e. The average molecular weight is 425 g/mol. The molecule has 0 saturated carbocycles. The van der Waals surface area contributed by atoms with Crippen LogP contribution >= 0.6 is 0 Å². The number of urea groups is 1. The lowest BCUT2D eigenvalue weighted by molar-refractivity contribution is 0.0949. The maximum absolute atomic E-state index is 12.6. The van der Waals surface area contributed by atoms with Crippen LogP contribution in [0.1, 0.15) is 35.2 Å². The van der Waals surface area contributed by atoms with E-state index in [1.165, 1.54) is 0 Å². The predicted molar refractivity (Wildman–Crippen MR) is 124 cm³/mol. The molecule has 0 atom stereocenters. The van der Waals surface area contributed by atoms with Gasteiger partial charge in [0, 0.05) is 50.8 Å². The molecule has 0 unspecified atom stereocenters. The normalized spacial score (nSPS) is 14.2. The molecule has 1 heterocycles. The number of hydrogen-bond donors (Lipinski definition) is 3. The van der Waals surface area contributed by atoms with Crippen molar-refractivity contribution in [1.82, 2.24) is 10.6 Å². The first-order valence-electron chi connectivity index (χ1n) is 10.8. The fourth-order valence-electron chi connectivity index (χ4n) is 3.71. The first kappa shape index (κ1) is 22.6. The lowest BCUT2D eigenvalue weighted by atomic mass is 10.0. The molecule has 0 aliphatic carbocycles. The molecule has 0 aromatic heterocycles. The molecule has 0 spiro atoms. The summed E-state index contributed by atoms with van der Waals surface area (Å²) < 4.78 is 5.03. The van der Waals surface area contributed by atoms with Crippen LogP contribution in [-0.4, -0.2) is 51.3 Å². The third-order valence-corrected chi connectivity index (χ3v) is 5.44. The SMILES string of the molecule is COCCCNC(=O)c1ccccc1N1CCC(NC(=O)Nc2ccc(C)cc2)CC1. The summed E-state index contributed by atoms with van der Waals surface area (Å²) in [4.78, 5) is 27.2. The zero-order chi connectivity index (χ0) is 22.1. The highest BCUT2D eigenvalue weighted by atomic mass is 16.5. The second-order valence-corrected chi connectivity index (χ2v) is 7.85. The molecule has 1 saturated heterocycles. The summed E-state index contributed by atoms with van der Waals surface area (Å²) in [7, 11) is 1.65. The summed E-state index contributed by atoms with van der Waals surface area (Å²) in [6.45, 7) is 4.79. The van der Waals surface area contributed by atoms with Gasteiger partial charge in [-0.15, -0.1) is 0 Å². The summed E-state index contributed by atoms with van der Waals surface area (Å²) in [5.41, 5.74) is 3.56. The first-order chi connectivity index (χ1) is 15.1. The van der Waals surface area contributed by atoms with Crippen molar-refractivity contribution in [2.24, 2.45) is 0 Å². The fraction of sp³-hybridized carbons (Fsp3) is 0.417. The van der Waals surface area contributed by atoms with E-state index in [1.807, 2.05) is 55.5 Å². The van der Waals surface area contributed by atoms with Crippen LogP contribution in [0.4, 0.5) is 16.2 Å². The number of para-hydroxylation sites is 1. The lowest BCUT2D eigenvalue weighted by Crippen LogP contribution is -2.46. The van der Waals surface area contributed by atoms with Crippen molar-refractivity contribution >= 4 is 23.3 Å². The number of methoxy groups -OCH3 is 1. The molecule has 0 radical (unpaired) electrons. The number of carbonyl (C=O) groups excluding carboxylic acids is 2. The molecule has 1 aliphatic heterocycles. The van der Waals surface area contributed by atoms with Crippen molar-refractivity contribution in [3.8, 4) is 0 Å². The Morgan fingerprint density at radius 1 is 1.06 bits per heavy atom. The lowest BCUT2D eigenvalue weighted by Gasteiger charge is -2.34. The summed E-state index contributed by atoms with van der Waals surface area (Å²) in [6.07, 6.45) is 2.43. The van der Waals surface area contributed by atoms with Crippen molar-refractivity contribution in [3.05, 3.63) is 59.7 Å². The van der Waals surface area contributed by atoms with Gasteiger partial charge < -0.3 is 25.6 Å². The van der Waals surface area contributed by atoms with Crippen LogP contribution in [0.5, 0.6) is 0 Å². The van der Waals surface area contributed by atoms with Crippen molar-refractivity contribution in [2.75, 3.05) is 43.6 Å². The summed E-state index contributed by atoms with van der Waals surface area (Å²) >= 11 is 0. The predicted octanol–water partition coefficient (Wildman–Crippen LogP) is 3.55. The molecule has 31 heavy (non-hydrogen) atoms. The Morgan fingerprint density at radius 3 is 2.48 bits per heavy atom. The fourth-order valence-corrected chi connectivity index (χ4v) is 3.71. The van der Waals surface area contributed by atoms with E-state index >= 15 is 0 Å². The van der Waals surface area contributed by atoms with E-state index in [-0.39, 0.29) is 18.0 Å². The Bertz CT molecular complexity index is 861. The Hall–Kier alpha value is -3.06. The van der Waals surface area contributed by atoms with Gasteiger partial charge in [0.25, 0.3) is 5.91 Å². The molecule has 3 rings (SSSR count). The third kappa shape index (κ3) is 6.72. The van der Waals surface area contributed by atoms with Gasteiger partial charge in [0.1, 0.15) is 0 Å². The number of nitrogens with zero attached hydrogens (tertiary/aromatic N) is 1. The van der Waals surface area contributed by atoms with E-state index in [9.17, 15) is 9.59 Å². The smallest absolute Gasteiger partial charge is 0.319 e. The molecule has 2 aromatic rings. The monoisotopic (exact) mass is 424 g/mol. The largest absolute Gasteiger partial charge is 0.385 e. The Balaban J connectivity index is 1.50. The van der Waals surface area contributed by atoms with Gasteiger partial charge in [0.15, 0.2) is 0 Å². The van der Waals surface area contributed by atoms with Crippen molar-refractivity contribution in [2.45, 2.75) is 32.2 Å². The molecule has 2 aromatic carbocycles.